The third-order valence-electron chi connectivity index (χ3n) is 4.54. The van der Waals surface area contributed by atoms with E-state index in [0.29, 0.717) is 31.9 Å². The summed E-state index contributed by atoms with van der Waals surface area (Å²) < 4.78 is 0. The smallest absolute Gasteiger partial charge is 0.318 e. The predicted molar refractivity (Wildman–Crippen MR) is 98.4 cm³/mol. The number of hydrogen-bond acceptors (Lipinski definition) is 4. The quantitative estimate of drug-likeness (QED) is 0.905. The second-order valence-electron chi connectivity index (χ2n) is 6.34. The molecule has 1 atom stereocenters. The predicted octanol–water partition coefficient (Wildman–Crippen LogP) is 1.56. The monoisotopic (exact) mass is 353 g/mol. The first-order valence-electron chi connectivity index (χ1n) is 8.73. The molecule has 0 aliphatic carbocycles. The number of likely N-dealkylation sites (N-methyl/N-ethyl adjacent to an activating group) is 1. The molecule has 1 saturated heterocycles. The molecule has 136 valence electrons. The topological polar surface area (TPSA) is 78.4 Å². The highest BCUT2D eigenvalue weighted by molar-refractivity contribution is 5.87. The lowest BCUT2D eigenvalue weighted by Gasteiger charge is -2.37. The molecule has 0 bridgehead atoms. The third kappa shape index (κ3) is 3.99. The van der Waals surface area contributed by atoms with Gasteiger partial charge in [0.25, 0.3) is 0 Å². The molecule has 1 aliphatic rings. The van der Waals surface area contributed by atoms with Crippen LogP contribution in [0.1, 0.15) is 12.7 Å². The van der Waals surface area contributed by atoms with Crippen LogP contribution in [0.5, 0.6) is 0 Å². The molecular weight excluding hydrogens is 330 g/mol. The maximum Gasteiger partial charge on any atom is 0.318 e. The number of nitrogens with one attached hydrogen (secondary N) is 1. The summed E-state index contributed by atoms with van der Waals surface area (Å²) in [7, 11) is 1.76. The minimum Gasteiger partial charge on any atom is -0.342 e. The van der Waals surface area contributed by atoms with Crippen molar-refractivity contribution in [3.05, 3.63) is 48.4 Å². The van der Waals surface area contributed by atoms with Crippen molar-refractivity contribution in [1.82, 2.24) is 25.1 Å². The maximum absolute atomic E-state index is 12.3. The molecule has 1 N–H and O–H groups in total. The zero-order valence-electron chi connectivity index (χ0n) is 15.1. The van der Waals surface area contributed by atoms with Gasteiger partial charge in [-0.2, -0.15) is 0 Å². The van der Waals surface area contributed by atoms with E-state index in [-0.39, 0.29) is 11.9 Å². The molecule has 7 heteroatoms. The Bertz CT molecular complexity index is 781. The Morgan fingerprint density at radius 2 is 2.00 bits per heavy atom. The minimum atomic E-state index is -0.439. The van der Waals surface area contributed by atoms with Crippen LogP contribution >= 0.6 is 0 Å². The summed E-state index contributed by atoms with van der Waals surface area (Å²) in [6.07, 6.45) is 2.26. The number of benzene rings is 1. The summed E-state index contributed by atoms with van der Waals surface area (Å²) in [6, 6.07) is 11.1. The highest BCUT2D eigenvalue weighted by Crippen LogP contribution is 2.15. The van der Waals surface area contributed by atoms with E-state index in [0.717, 1.165) is 11.3 Å². The molecule has 0 spiro atoms. The summed E-state index contributed by atoms with van der Waals surface area (Å²) in [4.78, 5) is 36.4. The van der Waals surface area contributed by atoms with E-state index < -0.39 is 6.04 Å². The number of urea groups is 1. The lowest BCUT2D eigenvalue weighted by molar-refractivity contribution is -0.137. The van der Waals surface area contributed by atoms with Crippen LogP contribution in [0, 0.1) is 0 Å². The fourth-order valence-corrected chi connectivity index (χ4v) is 2.96. The molecule has 26 heavy (non-hydrogen) atoms. The van der Waals surface area contributed by atoms with Crippen LogP contribution in [0.3, 0.4) is 0 Å². The molecule has 1 fully saturated rings. The molecule has 1 aromatic heterocycles. The fraction of sp³-hybridized carbons (Fsp3) is 0.368. The van der Waals surface area contributed by atoms with Crippen molar-refractivity contribution in [2.75, 3.05) is 26.7 Å². The van der Waals surface area contributed by atoms with Gasteiger partial charge in [-0.05, 0) is 13.0 Å². The zero-order chi connectivity index (χ0) is 18.5. The van der Waals surface area contributed by atoms with Gasteiger partial charge in [-0.3, -0.25) is 4.79 Å². The first kappa shape index (κ1) is 17.8. The Labute approximate surface area is 153 Å². The van der Waals surface area contributed by atoms with E-state index in [4.69, 9.17) is 0 Å². The van der Waals surface area contributed by atoms with E-state index in [9.17, 15) is 9.59 Å². The van der Waals surface area contributed by atoms with E-state index in [1.807, 2.05) is 36.4 Å². The van der Waals surface area contributed by atoms with Crippen molar-refractivity contribution in [3.8, 4) is 11.3 Å². The van der Waals surface area contributed by atoms with Crippen molar-refractivity contribution in [1.29, 1.82) is 0 Å². The molecule has 3 amide bonds. The van der Waals surface area contributed by atoms with Crippen molar-refractivity contribution in [3.63, 3.8) is 0 Å². The van der Waals surface area contributed by atoms with Crippen LogP contribution in [0.25, 0.3) is 11.3 Å². The van der Waals surface area contributed by atoms with Gasteiger partial charge in [0.2, 0.25) is 5.91 Å². The van der Waals surface area contributed by atoms with Crippen LogP contribution in [0.2, 0.25) is 0 Å². The zero-order valence-corrected chi connectivity index (χ0v) is 15.1. The lowest BCUT2D eigenvalue weighted by atomic mass is 10.1. The van der Waals surface area contributed by atoms with Crippen molar-refractivity contribution in [2.45, 2.75) is 19.4 Å². The molecule has 3 rings (SSSR count). The number of carbonyl (C=O) groups is 2. The molecule has 0 radical (unpaired) electrons. The van der Waals surface area contributed by atoms with E-state index in [2.05, 4.69) is 15.3 Å². The largest absolute Gasteiger partial charge is 0.342 e. The second-order valence-corrected chi connectivity index (χ2v) is 6.34. The number of piperazine rings is 1. The van der Waals surface area contributed by atoms with Gasteiger partial charge in [-0.15, -0.1) is 0 Å². The molecule has 1 aromatic carbocycles. The van der Waals surface area contributed by atoms with Gasteiger partial charge in [0.1, 0.15) is 11.9 Å². The van der Waals surface area contributed by atoms with Crippen LogP contribution in [-0.4, -0.2) is 64.4 Å². The number of aromatic nitrogens is 2. The molecule has 7 nitrogen and oxygen atoms in total. The normalized spacial score (nSPS) is 17.3. The third-order valence-corrected chi connectivity index (χ3v) is 4.54. The van der Waals surface area contributed by atoms with Gasteiger partial charge in [-0.1, -0.05) is 30.3 Å². The summed E-state index contributed by atoms with van der Waals surface area (Å²) in [5.74, 6) is 0.638. The molecule has 1 unspecified atom stereocenters. The maximum atomic E-state index is 12.3. The van der Waals surface area contributed by atoms with Gasteiger partial charge >= 0.3 is 6.03 Å². The molecule has 2 heterocycles. The van der Waals surface area contributed by atoms with Gasteiger partial charge in [0.05, 0.1) is 5.69 Å². The highest BCUT2D eigenvalue weighted by atomic mass is 16.2. The average molecular weight is 353 g/mol. The first-order chi connectivity index (χ1) is 12.6. The highest BCUT2D eigenvalue weighted by Gasteiger charge is 2.32. The Balaban J connectivity index is 1.55. The Morgan fingerprint density at radius 1 is 1.23 bits per heavy atom. The van der Waals surface area contributed by atoms with E-state index >= 15 is 0 Å². The van der Waals surface area contributed by atoms with E-state index in [1.165, 1.54) is 0 Å². The van der Waals surface area contributed by atoms with Crippen LogP contribution in [0.15, 0.2) is 42.6 Å². The molecule has 0 saturated carbocycles. The average Bonchev–Trinajstić information content (AvgIpc) is 2.67. The van der Waals surface area contributed by atoms with Crippen molar-refractivity contribution >= 4 is 11.9 Å². The summed E-state index contributed by atoms with van der Waals surface area (Å²) in [5.41, 5.74) is 1.89. The SMILES string of the molecule is CC1C(=O)N(C)CCN1C(=O)NCCc1nccc(-c2ccccc2)n1. The van der Waals surface area contributed by atoms with Gasteiger partial charge in [0.15, 0.2) is 0 Å². The number of rotatable bonds is 4. The fourth-order valence-electron chi connectivity index (χ4n) is 2.96. The van der Waals surface area contributed by atoms with E-state index in [1.54, 1.807) is 30.0 Å². The Morgan fingerprint density at radius 3 is 2.77 bits per heavy atom. The summed E-state index contributed by atoms with van der Waals surface area (Å²) in [6.45, 7) is 3.27. The Kier molecular flexibility index (Phi) is 5.46. The van der Waals surface area contributed by atoms with Gasteiger partial charge < -0.3 is 15.1 Å². The van der Waals surface area contributed by atoms with Crippen molar-refractivity contribution in [2.24, 2.45) is 0 Å². The number of nitrogens with zero attached hydrogens (tertiary/aromatic N) is 4. The van der Waals surface area contributed by atoms with Crippen LogP contribution < -0.4 is 5.32 Å². The second kappa shape index (κ2) is 7.95. The number of amides is 3. The van der Waals surface area contributed by atoms with Crippen molar-refractivity contribution < 1.29 is 9.59 Å². The van der Waals surface area contributed by atoms with Gasteiger partial charge in [-0.25, -0.2) is 14.8 Å². The number of carbonyl (C=O) groups excluding carboxylic acids is 2. The van der Waals surface area contributed by atoms with Crippen LogP contribution in [0.4, 0.5) is 4.79 Å². The minimum absolute atomic E-state index is 0.0368. The summed E-state index contributed by atoms with van der Waals surface area (Å²) in [5, 5.41) is 2.86. The number of hydrogen-bond donors (Lipinski definition) is 1. The molecule has 1 aliphatic heterocycles. The van der Waals surface area contributed by atoms with Gasteiger partial charge in [0, 0.05) is 44.9 Å². The summed E-state index contributed by atoms with van der Waals surface area (Å²) >= 11 is 0. The standard InChI is InChI=1S/C19H23N5O2/c1-14-18(25)23(2)12-13-24(14)19(26)21-11-9-17-20-10-8-16(22-17)15-6-4-3-5-7-15/h3-8,10,14H,9,11-13H2,1-2H3,(H,21,26). The Hall–Kier alpha value is -2.96. The lowest BCUT2D eigenvalue weighted by Crippen LogP contribution is -2.58. The van der Waals surface area contributed by atoms with Crippen LogP contribution in [-0.2, 0) is 11.2 Å². The first-order valence-corrected chi connectivity index (χ1v) is 8.73. The molecule has 2 aromatic rings. The molecular formula is C19H23N5O2.